The number of hydrogen-bond acceptors (Lipinski definition) is 5. The Kier molecular flexibility index (Phi) is 4.44. The number of aryl methyl sites for hydroxylation is 2. The van der Waals surface area contributed by atoms with Crippen molar-refractivity contribution < 1.29 is 9.72 Å². The second-order valence-electron chi connectivity index (χ2n) is 5.20. The molecular formula is C13H21N5O3. The number of anilines is 1. The number of nitrogens with zero attached hydrogens (tertiary/aromatic N) is 4. The van der Waals surface area contributed by atoms with Gasteiger partial charge in [-0.15, -0.1) is 0 Å². The lowest BCUT2D eigenvalue weighted by molar-refractivity contribution is -0.384. The maximum Gasteiger partial charge on any atom is 0.333 e. The maximum absolute atomic E-state index is 11.7. The van der Waals surface area contributed by atoms with E-state index in [-0.39, 0.29) is 17.6 Å². The summed E-state index contributed by atoms with van der Waals surface area (Å²) in [6.45, 7) is 4.95. The summed E-state index contributed by atoms with van der Waals surface area (Å²) < 4.78 is 1.52. The smallest absolute Gasteiger partial charge is 0.333 e. The van der Waals surface area contributed by atoms with E-state index in [2.05, 4.69) is 10.4 Å². The molecule has 0 radical (unpaired) electrons. The van der Waals surface area contributed by atoms with Gasteiger partial charge in [-0.1, -0.05) is 13.8 Å². The SMILES string of the molecule is CCC(=O)N1CCC(Nc2c([N+](=O)[O-])c(CC)nn2C)C1. The number of carbonyl (C=O) groups excluding carboxylic acids is 1. The highest BCUT2D eigenvalue weighted by Crippen LogP contribution is 2.30. The lowest BCUT2D eigenvalue weighted by Crippen LogP contribution is -2.31. The van der Waals surface area contributed by atoms with E-state index in [0.717, 1.165) is 6.42 Å². The third-order valence-electron chi connectivity index (χ3n) is 3.79. The van der Waals surface area contributed by atoms with Crippen LogP contribution in [0.25, 0.3) is 0 Å². The van der Waals surface area contributed by atoms with Crippen molar-refractivity contribution in [2.75, 3.05) is 18.4 Å². The zero-order valence-corrected chi connectivity index (χ0v) is 12.6. The first-order valence-electron chi connectivity index (χ1n) is 7.22. The van der Waals surface area contributed by atoms with Gasteiger partial charge in [0.05, 0.1) is 4.92 Å². The number of nitro groups is 1. The van der Waals surface area contributed by atoms with Crippen molar-refractivity contribution in [1.82, 2.24) is 14.7 Å². The topological polar surface area (TPSA) is 93.3 Å². The van der Waals surface area contributed by atoms with Gasteiger partial charge in [0, 0.05) is 32.6 Å². The monoisotopic (exact) mass is 295 g/mol. The first-order chi connectivity index (χ1) is 9.97. The number of nitrogens with one attached hydrogen (secondary N) is 1. The van der Waals surface area contributed by atoms with Crippen LogP contribution in [0.15, 0.2) is 0 Å². The Balaban J connectivity index is 2.16. The average molecular weight is 295 g/mol. The van der Waals surface area contributed by atoms with Crippen molar-refractivity contribution in [2.45, 2.75) is 39.2 Å². The molecule has 8 nitrogen and oxygen atoms in total. The Morgan fingerprint density at radius 2 is 2.24 bits per heavy atom. The van der Waals surface area contributed by atoms with E-state index in [4.69, 9.17) is 0 Å². The minimum Gasteiger partial charge on any atom is -0.360 e. The molecule has 1 amide bonds. The molecule has 1 aromatic heterocycles. The van der Waals surface area contributed by atoms with Crippen LogP contribution in [0.1, 0.15) is 32.4 Å². The Morgan fingerprint density at radius 1 is 1.52 bits per heavy atom. The zero-order chi connectivity index (χ0) is 15.6. The van der Waals surface area contributed by atoms with Gasteiger partial charge >= 0.3 is 5.69 Å². The van der Waals surface area contributed by atoms with Crippen LogP contribution in [0.2, 0.25) is 0 Å². The van der Waals surface area contributed by atoms with E-state index in [9.17, 15) is 14.9 Å². The van der Waals surface area contributed by atoms with Crippen molar-refractivity contribution in [3.8, 4) is 0 Å². The van der Waals surface area contributed by atoms with Gasteiger partial charge < -0.3 is 10.2 Å². The molecule has 1 aromatic rings. The normalized spacial score (nSPS) is 18.0. The first-order valence-corrected chi connectivity index (χ1v) is 7.22. The molecule has 0 bridgehead atoms. The van der Waals surface area contributed by atoms with Crippen LogP contribution in [-0.4, -0.2) is 44.6 Å². The van der Waals surface area contributed by atoms with Crippen molar-refractivity contribution in [3.63, 3.8) is 0 Å². The van der Waals surface area contributed by atoms with Crippen LogP contribution in [-0.2, 0) is 18.3 Å². The van der Waals surface area contributed by atoms with Gasteiger partial charge in [0.15, 0.2) is 0 Å². The molecule has 1 saturated heterocycles. The number of hydrogen-bond donors (Lipinski definition) is 1. The van der Waals surface area contributed by atoms with E-state index < -0.39 is 4.92 Å². The predicted octanol–water partition coefficient (Wildman–Crippen LogP) is 1.31. The lowest BCUT2D eigenvalue weighted by atomic mass is 10.2. The van der Waals surface area contributed by atoms with E-state index >= 15 is 0 Å². The molecule has 116 valence electrons. The van der Waals surface area contributed by atoms with Crippen LogP contribution in [0, 0.1) is 10.1 Å². The van der Waals surface area contributed by atoms with Crippen molar-refractivity contribution in [3.05, 3.63) is 15.8 Å². The van der Waals surface area contributed by atoms with E-state index in [0.29, 0.717) is 37.4 Å². The summed E-state index contributed by atoms with van der Waals surface area (Å²) in [6.07, 6.45) is 1.78. The van der Waals surface area contributed by atoms with Crippen LogP contribution in [0.3, 0.4) is 0 Å². The molecule has 1 aliphatic heterocycles. The second kappa shape index (κ2) is 6.11. The Morgan fingerprint density at radius 3 is 2.81 bits per heavy atom. The van der Waals surface area contributed by atoms with E-state index in [1.165, 1.54) is 4.68 Å². The highest BCUT2D eigenvalue weighted by Gasteiger charge is 2.31. The summed E-state index contributed by atoms with van der Waals surface area (Å²) in [4.78, 5) is 24.3. The van der Waals surface area contributed by atoms with Gasteiger partial charge in [0.2, 0.25) is 11.7 Å². The van der Waals surface area contributed by atoms with Crippen LogP contribution < -0.4 is 5.32 Å². The standard InChI is InChI=1S/C13H21N5O3/c1-4-10-12(18(20)21)13(16(3)15-10)14-9-6-7-17(8-9)11(19)5-2/h9,14H,4-8H2,1-3H3. The lowest BCUT2D eigenvalue weighted by Gasteiger charge is -2.16. The molecule has 0 aliphatic carbocycles. The van der Waals surface area contributed by atoms with Gasteiger partial charge in [-0.2, -0.15) is 5.10 Å². The van der Waals surface area contributed by atoms with Crippen molar-refractivity contribution >= 4 is 17.4 Å². The van der Waals surface area contributed by atoms with Crippen molar-refractivity contribution in [1.29, 1.82) is 0 Å². The summed E-state index contributed by atoms with van der Waals surface area (Å²) in [5.41, 5.74) is 0.518. The molecule has 1 aliphatic rings. The second-order valence-corrected chi connectivity index (χ2v) is 5.20. The summed E-state index contributed by atoms with van der Waals surface area (Å²) in [5.74, 6) is 0.542. The number of likely N-dealkylation sites (tertiary alicyclic amines) is 1. The highest BCUT2D eigenvalue weighted by molar-refractivity contribution is 5.76. The fourth-order valence-electron chi connectivity index (χ4n) is 2.68. The molecule has 21 heavy (non-hydrogen) atoms. The number of aromatic nitrogens is 2. The van der Waals surface area contributed by atoms with Crippen molar-refractivity contribution in [2.24, 2.45) is 7.05 Å². The molecule has 1 fully saturated rings. The molecule has 1 unspecified atom stereocenters. The molecule has 2 heterocycles. The quantitative estimate of drug-likeness (QED) is 0.653. The molecule has 8 heteroatoms. The van der Waals surface area contributed by atoms with Gasteiger partial charge in [0.1, 0.15) is 5.69 Å². The fourth-order valence-corrected chi connectivity index (χ4v) is 2.68. The minimum atomic E-state index is -0.391. The van der Waals surface area contributed by atoms with Crippen LogP contribution >= 0.6 is 0 Å². The predicted molar refractivity (Wildman–Crippen MR) is 78.1 cm³/mol. The summed E-state index contributed by atoms with van der Waals surface area (Å²) in [6, 6.07) is 0.0271. The van der Waals surface area contributed by atoms with Gasteiger partial charge in [-0.25, -0.2) is 4.68 Å². The fraction of sp³-hybridized carbons (Fsp3) is 0.692. The molecule has 0 saturated carbocycles. The summed E-state index contributed by atoms with van der Waals surface area (Å²) in [7, 11) is 1.69. The van der Waals surface area contributed by atoms with Crippen LogP contribution in [0.5, 0.6) is 0 Å². The van der Waals surface area contributed by atoms with E-state index in [1.54, 1.807) is 11.9 Å². The Hall–Kier alpha value is -2.12. The van der Waals surface area contributed by atoms with Gasteiger partial charge in [0.25, 0.3) is 0 Å². The molecular weight excluding hydrogens is 274 g/mol. The van der Waals surface area contributed by atoms with E-state index in [1.807, 2.05) is 13.8 Å². The number of rotatable bonds is 5. The summed E-state index contributed by atoms with van der Waals surface area (Å²) >= 11 is 0. The third-order valence-corrected chi connectivity index (χ3v) is 3.79. The van der Waals surface area contributed by atoms with Gasteiger partial charge in [-0.3, -0.25) is 14.9 Å². The Labute approximate surface area is 123 Å². The van der Waals surface area contributed by atoms with Crippen LogP contribution in [0.4, 0.5) is 11.5 Å². The highest BCUT2D eigenvalue weighted by atomic mass is 16.6. The zero-order valence-electron chi connectivity index (χ0n) is 12.6. The molecule has 0 spiro atoms. The largest absolute Gasteiger partial charge is 0.360 e. The molecule has 1 N–H and O–H groups in total. The Bertz CT molecular complexity index is 554. The number of amides is 1. The first kappa shape index (κ1) is 15.3. The molecule has 2 rings (SSSR count). The molecule has 0 aromatic carbocycles. The van der Waals surface area contributed by atoms with Gasteiger partial charge in [-0.05, 0) is 12.8 Å². The number of carbonyl (C=O) groups is 1. The third kappa shape index (κ3) is 2.98. The minimum absolute atomic E-state index is 0.0271. The average Bonchev–Trinajstić information content (AvgIpc) is 3.03. The maximum atomic E-state index is 11.7. The molecule has 1 atom stereocenters. The summed E-state index contributed by atoms with van der Waals surface area (Å²) in [5, 5.41) is 18.6.